The van der Waals surface area contributed by atoms with E-state index in [1.165, 1.54) is 0 Å². The molecule has 8 heteroatoms. The van der Waals surface area contributed by atoms with Gasteiger partial charge in [-0.1, -0.05) is 30.3 Å². The Bertz CT molecular complexity index is 984. The molecule has 0 aliphatic carbocycles. The van der Waals surface area contributed by atoms with E-state index in [4.69, 9.17) is 4.74 Å². The molecule has 8 nitrogen and oxygen atoms in total. The van der Waals surface area contributed by atoms with Crippen LogP contribution >= 0.6 is 0 Å². The predicted octanol–water partition coefficient (Wildman–Crippen LogP) is 3.41. The van der Waals surface area contributed by atoms with Crippen molar-refractivity contribution >= 4 is 23.3 Å². The van der Waals surface area contributed by atoms with Gasteiger partial charge in [-0.2, -0.15) is 5.10 Å². The summed E-state index contributed by atoms with van der Waals surface area (Å²) in [5.74, 6) is -0.204. The molecule has 0 saturated carbocycles. The first-order valence-corrected chi connectivity index (χ1v) is 10.3. The number of nitrogens with zero attached hydrogens (tertiary/aromatic N) is 2. The molecule has 3 amide bonds. The van der Waals surface area contributed by atoms with Crippen molar-refractivity contribution in [1.29, 1.82) is 0 Å². The molecule has 2 unspecified atom stereocenters. The number of benzene rings is 2. The quantitative estimate of drug-likeness (QED) is 0.547. The van der Waals surface area contributed by atoms with Gasteiger partial charge in [0.05, 0.1) is 6.10 Å². The Balaban J connectivity index is 1.36. The first-order valence-electron chi connectivity index (χ1n) is 10.3. The van der Waals surface area contributed by atoms with Crippen molar-refractivity contribution in [3.63, 3.8) is 0 Å². The molecule has 1 fully saturated rings. The number of anilines is 2. The molecule has 1 aliphatic rings. The lowest BCUT2D eigenvalue weighted by Gasteiger charge is -2.18. The van der Waals surface area contributed by atoms with Gasteiger partial charge in [0.25, 0.3) is 5.91 Å². The first-order chi connectivity index (χ1) is 15.2. The molecular formula is C23H25N5O3. The number of hydrogen-bond donors (Lipinski definition) is 3. The van der Waals surface area contributed by atoms with Crippen LogP contribution in [-0.4, -0.2) is 41.0 Å². The smallest absolute Gasteiger partial charge is 0.319 e. The summed E-state index contributed by atoms with van der Waals surface area (Å²) in [4.78, 5) is 25.1. The van der Waals surface area contributed by atoms with Gasteiger partial charge in [0.2, 0.25) is 0 Å². The molecule has 3 aromatic rings. The van der Waals surface area contributed by atoms with E-state index in [9.17, 15) is 9.59 Å². The number of hydrogen-bond acceptors (Lipinski definition) is 4. The second kappa shape index (κ2) is 9.90. The Morgan fingerprint density at radius 3 is 2.42 bits per heavy atom. The number of aromatic nitrogens is 2. The van der Waals surface area contributed by atoms with Gasteiger partial charge in [0, 0.05) is 36.9 Å². The largest absolute Gasteiger partial charge is 0.376 e. The first kappa shape index (κ1) is 20.6. The zero-order valence-corrected chi connectivity index (χ0v) is 17.0. The SMILES string of the molecule is O=C(NCC1CCCO1)Nc1ccc(NC(=O)C(c2ccccc2)n2cccn2)cc1. The van der Waals surface area contributed by atoms with Gasteiger partial charge in [-0.15, -0.1) is 0 Å². The van der Waals surface area contributed by atoms with E-state index < -0.39 is 6.04 Å². The van der Waals surface area contributed by atoms with Crippen molar-refractivity contribution in [2.45, 2.75) is 25.0 Å². The number of carbonyl (C=O) groups is 2. The van der Waals surface area contributed by atoms with Crippen LogP contribution in [0.3, 0.4) is 0 Å². The number of rotatable bonds is 7. The van der Waals surface area contributed by atoms with Crippen LogP contribution in [0.5, 0.6) is 0 Å². The lowest BCUT2D eigenvalue weighted by atomic mass is 10.1. The molecule has 4 rings (SSSR count). The fourth-order valence-electron chi connectivity index (χ4n) is 3.53. The number of nitrogens with one attached hydrogen (secondary N) is 3. The zero-order chi connectivity index (χ0) is 21.5. The highest BCUT2D eigenvalue weighted by molar-refractivity contribution is 5.96. The Morgan fingerprint density at radius 1 is 1.03 bits per heavy atom. The van der Waals surface area contributed by atoms with E-state index in [1.807, 2.05) is 30.3 Å². The van der Waals surface area contributed by atoms with E-state index >= 15 is 0 Å². The third-order valence-electron chi connectivity index (χ3n) is 5.08. The van der Waals surface area contributed by atoms with Crippen molar-refractivity contribution in [3.8, 4) is 0 Å². The lowest BCUT2D eigenvalue weighted by molar-refractivity contribution is -0.118. The van der Waals surface area contributed by atoms with Gasteiger partial charge >= 0.3 is 6.03 Å². The fourth-order valence-corrected chi connectivity index (χ4v) is 3.53. The molecule has 3 N–H and O–H groups in total. The summed E-state index contributed by atoms with van der Waals surface area (Å²) in [6, 6.07) is 17.4. The van der Waals surface area contributed by atoms with Crippen molar-refractivity contribution in [1.82, 2.24) is 15.1 Å². The predicted molar refractivity (Wildman–Crippen MR) is 118 cm³/mol. The average Bonchev–Trinajstić information content (AvgIpc) is 3.49. The van der Waals surface area contributed by atoms with Gasteiger partial charge in [0.1, 0.15) is 0 Å². The van der Waals surface area contributed by atoms with Gasteiger partial charge < -0.3 is 20.7 Å². The summed E-state index contributed by atoms with van der Waals surface area (Å²) in [5, 5.41) is 12.8. The Hall–Kier alpha value is -3.65. The third-order valence-corrected chi connectivity index (χ3v) is 5.08. The molecule has 31 heavy (non-hydrogen) atoms. The van der Waals surface area contributed by atoms with Crippen molar-refractivity contribution in [2.75, 3.05) is 23.8 Å². The maximum Gasteiger partial charge on any atom is 0.319 e. The summed E-state index contributed by atoms with van der Waals surface area (Å²) in [5.41, 5.74) is 2.10. The highest BCUT2D eigenvalue weighted by Crippen LogP contribution is 2.21. The van der Waals surface area contributed by atoms with E-state index in [0.29, 0.717) is 17.9 Å². The molecular weight excluding hydrogens is 394 g/mol. The van der Waals surface area contributed by atoms with Crippen LogP contribution in [0.15, 0.2) is 73.1 Å². The Morgan fingerprint density at radius 2 is 1.77 bits per heavy atom. The molecule has 1 aromatic heterocycles. The monoisotopic (exact) mass is 419 g/mol. The van der Waals surface area contributed by atoms with Crippen LogP contribution in [0, 0.1) is 0 Å². The third kappa shape index (κ3) is 5.49. The molecule has 0 spiro atoms. The van der Waals surface area contributed by atoms with Crippen LogP contribution in [0.1, 0.15) is 24.4 Å². The number of amides is 3. The van der Waals surface area contributed by atoms with Crippen molar-refractivity contribution in [3.05, 3.63) is 78.6 Å². The van der Waals surface area contributed by atoms with Gasteiger partial charge in [-0.05, 0) is 48.7 Å². The molecule has 0 bridgehead atoms. The zero-order valence-electron chi connectivity index (χ0n) is 17.0. The topological polar surface area (TPSA) is 97.3 Å². The van der Waals surface area contributed by atoms with Gasteiger partial charge in [-0.3, -0.25) is 9.48 Å². The summed E-state index contributed by atoms with van der Waals surface area (Å²) >= 11 is 0. The summed E-state index contributed by atoms with van der Waals surface area (Å²) in [6.45, 7) is 1.25. The van der Waals surface area contributed by atoms with E-state index in [2.05, 4.69) is 21.0 Å². The number of carbonyl (C=O) groups excluding carboxylic acids is 2. The summed E-state index contributed by atoms with van der Waals surface area (Å²) in [7, 11) is 0. The second-order valence-electron chi connectivity index (χ2n) is 7.34. The standard InChI is InChI=1S/C23H25N5O3/c29-22(21(28-14-5-13-25-28)17-6-2-1-3-7-17)26-18-9-11-19(12-10-18)27-23(30)24-16-20-8-4-15-31-20/h1-3,5-7,9-14,20-21H,4,8,15-16H2,(H,26,29)(H2,24,27,30). The minimum absolute atomic E-state index is 0.0932. The van der Waals surface area contributed by atoms with Crippen LogP contribution < -0.4 is 16.0 Å². The molecule has 2 aromatic carbocycles. The maximum atomic E-state index is 13.0. The normalized spacial score (nSPS) is 16.5. The van der Waals surface area contributed by atoms with Crippen LogP contribution in [-0.2, 0) is 9.53 Å². The van der Waals surface area contributed by atoms with Gasteiger partial charge in [-0.25, -0.2) is 4.79 Å². The minimum Gasteiger partial charge on any atom is -0.376 e. The molecule has 1 aliphatic heterocycles. The molecule has 160 valence electrons. The highest BCUT2D eigenvalue weighted by Gasteiger charge is 2.23. The lowest BCUT2D eigenvalue weighted by Crippen LogP contribution is -2.35. The number of ether oxygens (including phenoxy) is 1. The molecule has 2 atom stereocenters. The van der Waals surface area contributed by atoms with Gasteiger partial charge in [0.15, 0.2) is 6.04 Å². The summed E-state index contributed by atoms with van der Waals surface area (Å²) < 4.78 is 7.12. The average molecular weight is 419 g/mol. The van der Waals surface area contributed by atoms with E-state index in [-0.39, 0.29) is 18.0 Å². The minimum atomic E-state index is -0.586. The molecule has 0 radical (unpaired) electrons. The van der Waals surface area contributed by atoms with Crippen LogP contribution in [0.2, 0.25) is 0 Å². The van der Waals surface area contributed by atoms with Crippen molar-refractivity contribution < 1.29 is 14.3 Å². The second-order valence-corrected chi connectivity index (χ2v) is 7.34. The highest BCUT2D eigenvalue weighted by atomic mass is 16.5. The summed E-state index contributed by atoms with van der Waals surface area (Å²) in [6.07, 6.45) is 5.51. The maximum absolute atomic E-state index is 13.0. The molecule has 2 heterocycles. The number of urea groups is 1. The van der Waals surface area contributed by atoms with E-state index in [0.717, 1.165) is 25.0 Å². The Labute approximate surface area is 180 Å². The van der Waals surface area contributed by atoms with Crippen LogP contribution in [0.25, 0.3) is 0 Å². The fraction of sp³-hybridized carbons (Fsp3) is 0.261. The molecule has 1 saturated heterocycles. The van der Waals surface area contributed by atoms with Crippen LogP contribution in [0.4, 0.5) is 16.2 Å². The van der Waals surface area contributed by atoms with Crippen molar-refractivity contribution in [2.24, 2.45) is 0 Å². The van der Waals surface area contributed by atoms with E-state index in [1.54, 1.807) is 47.4 Å². The Kier molecular flexibility index (Phi) is 6.59.